The van der Waals surface area contributed by atoms with Crippen molar-refractivity contribution in [3.8, 4) is 0 Å². The molecule has 1 aromatic rings. The molecule has 1 atom stereocenters. The smallest absolute Gasteiger partial charge is 0.0984 e. The molecular weight excluding hydrogens is 188 g/mol. The highest BCUT2D eigenvalue weighted by Gasteiger charge is 2.29. The molecule has 2 rings (SSSR count). The van der Waals surface area contributed by atoms with E-state index in [1.165, 1.54) is 6.42 Å². The highest BCUT2D eigenvalue weighted by atomic mass is 16.3. The first-order valence-corrected chi connectivity index (χ1v) is 6.01. The van der Waals surface area contributed by atoms with E-state index in [4.69, 9.17) is 0 Å². The summed E-state index contributed by atoms with van der Waals surface area (Å²) in [6.45, 7) is 5.02. The Morgan fingerprint density at radius 1 is 1.53 bits per heavy atom. The molecule has 1 aromatic heterocycles. The monoisotopic (exact) mass is 208 g/mol. The van der Waals surface area contributed by atoms with E-state index in [2.05, 4.69) is 25.0 Å². The fourth-order valence-corrected chi connectivity index (χ4v) is 2.15. The molecule has 1 saturated carbocycles. The van der Waals surface area contributed by atoms with Crippen molar-refractivity contribution < 1.29 is 5.11 Å². The van der Waals surface area contributed by atoms with Crippen LogP contribution in [0.2, 0.25) is 0 Å². The van der Waals surface area contributed by atoms with Crippen LogP contribution in [0.4, 0.5) is 0 Å². The van der Waals surface area contributed by atoms with Crippen LogP contribution in [0.3, 0.4) is 0 Å². The average molecular weight is 208 g/mol. The van der Waals surface area contributed by atoms with Gasteiger partial charge in [0.25, 0.3) is 0 Å². The van der Waals surface area contributed by atoms with Gasteiger partial charge in [0.15, 0.2) is 0 Å². The topological polar surface area (TPSA) is 38.0 Å². The van der Waals surface area contributed by atoms with Gasteiger partial charge < -0.3 is 5.11 Å². The maximum Gasteiger partial charge on any atom is 0.0984 e. The molecule has 0 spiro atoms. The molecule has 3 heteroatoms. The van der Waals surface area contributed by atoms with Crippen molar-refractivity contribution in [1.29, 1.82) is 0 Å². The minimum Gasteiger partial charge on any atom is -0.387 e. The van der Waals surface area contributed by atoms with Gasteiger partial charge in [-0.1, -0.05) is 13.3 Å². The van der Waals surface area contributed by atoms with E-state index >= 15 is 0 Å². The number of aliphatic hydroxyl groups excluding tert-OH is 1. The maximum atomic E-state index is 10.2. The van der Waals surface area contributed by atoms with Gasteiger partial charge >= 0.3 is 0 Å². The van der Waals surface area contributed by atoms with Gasteiger partial charge in [0, 0.05) is 6.54 Å². The quantitative estimate of drug-likeness (QED) is 0.824. The van der Waals surface area contributed by atoms with E-state index < -0.39 is 0 Å². The number of aliphatic hydroxyl groups is 1. The number of aromatic nitrogens is 2. The first-order chi connectivity index (χ1) is 7.26. The number of aryl methyl sites for hydroxylation is 2. The molecule has 15 heavy (non-hydrogen) atoms. The summed E-state index contributed by atoms with van der Waals surface area (Å²) in [6.07, 6.45) is 4.24. The second-order valence-electron chi connectivity index (χ2n) is 4.37. The zero-order chi connectivity index (χ0) is 10.8. The Hall–Kier alpha value is -0.830. The third-order valence-electron chi connectivity index (χ3n) is 3.42. The van der Waals surface area contributed by atoms with Crippen molar-refractivity contribution in [2.24, 2.45) is 5.92 Å². The van der Waals surface area contributed by atoms with Crippen molar-refractivity contribution >= 4 is 0 Å². The van der Waals surface area contributed by atoms with Gasteiger partial charge in [-0.05, 0) is 38.2 Å². The van der Waals surface area contributed by atoms with Gasteiger partial charge in [0.1, 0.15) is 0 Å². The van der Waals surface area contributed by atoms with Crippen molar-refractivity contribution in [2.75, 3.05) is 0 Å². The summed E-state index contributed by atoms with van der Waals surface area (Å²) in [5.74, 6) is 0.469. The summed E-state index contributed by atoms with van der Waals surface area (Å²) in [7, 11) is 0. The fraction of sp³-hybridized carbons (Fsp3) is 0.750. The molecule has 84 valence electrons. The molecule has 0 amide bonds. The normalized spacial score (nSPS) is 18.9. The van der Waals surface area contributed by atoms with Crippen LogP contribution < -0.4 is 0 Å². The Kier molecular flexibility index (Phi) is 3.10. The van der Waals surface area contributed by atoms with Crippen LogP contribution in [0.5, 0.6) is 0 Å². The van der Waals surface area contributed by atoms with Crippen LogP contribution in [0, 0.1) is 5.92 Å². The third-order valence-corrected chi connectivity index (χ3v) is 3.42. The summed E-state index contributed by atoms with van der Waals surface area (Å²) in [6, 6.07) is 2.06. The molecule has 0 saturated heterocycles. The molecule has 1 unspecified atom stereocenters. The van der Waals surface area contributed by atoms with Crippen molar-refractivity contribution in [3.05, 3.63) is 17.5 Å². The molecule has 1 aliphatic rings. The fourth-order valence-electron chi connectivity index (χ4n) is 2.15. The molecular formula is C12H20N2O. The molecule has 0 aliphatic heterocycles. The first-order valence-electron chi connectivity index (χ1n) is 6.01. The van der Waals surface area contributed by atoms with Crippen molar-refractivity contribution in [1.82, 2.24) is 9.78 Å². The van der Waals surface area contributed by atoms with Gasteiger partial charge in [0.2, 0.25) is 0 Å². The Bertz CT molecular complexity index is 328. The Morgan fingerprint density at radius 2 is 2.27 bits per heavy atom. The van der Waals surface area contributed by atoms with Crippen molar-refractivity contribution in [3.63, 3.8) is 0 Å². The van der Waals surface area contributed by atoms with E-state index in [0.717, 1.165) is 37.2 Å². The molecule has 1 fully saturated rings. The van der Waals surface area contributed by atoms with Gasteiger partial charge in [-0.2, -0.15) is 5.10 Å². The number of hydrogen-bond acceptors (Lipinski definition) is 2. The average Bonchev–Trinajstić information content (AvgIpc) is 2.57. The van der Waals surface area contributed by atoms with Crippen LogP contribution in [0.25, 0.3) is 0 Å². The molecule has 1 heterocycles. The summed E-state index contributed by atoms with van der Waals surface area (Å²) in [5, 5.41) is 14.7. The van der Waals surface area contributed by atoms with Gasteiger partial charge in [-0.15, -0.1) is 0 Å². The van der Waals surface area contributed by atoms with Gasteiger partial charge in [-0.3, -0.25) is 4.68 Å². The van der Waals surface area contributed by atoms with Crippen LogP contribution in [-0.4, -0.2) is 14.9 Å². The highest BCUT2D eigenvalue weighted by Crippen LogP contribution is 2.37. The lowest BCUT2D eigenvalue weighted by molar-refractivity contribution is 0.0549. The number of nitrogens with zero attached hydrogens (tertiary/aromatic N) is 2. The van der Waals surface area contributed by atoms with Gasteiger partial charge in [0.05, 0.1) is 17.5 Å². The maximum absolute atomic E-state index is 10.2. The third kappa shape index (κ3) is 1.93. The van der Waals surface area contributed by atoms with E-state index in [1.54, 1.807) is 0 Å². The van der Waals surface area contributed by atoms with E-state index in [9.17, 15) is 5.11 Å². The molecule has 1 N–H and O–H groups in total. The molecule has 1 aliphatic carbocycles. The van der Waals surface area contributed by atoms with E-state index in [-0.39, 0.29) is 6.10 Å². The predicted molar refractivity (Wildman–Crippen MR) is 59.6 cm³/mol. The summed E-state index contributed by atoms with van der Waals surface area (Å²) < 4.78 is 1.95. The molecule has 0 aromatic carbocycles. The summed E-state index contributed by atoms with van der Waals surface area (Å²) >= 11 is 0. The lowest BCUT2D eigenvalue weighted by Gasteiger charge is -2.30. The standard InChI is InChI=1S/C12H20N2O/c1-3-10-8-11(14(4-2)13-10)12(15)9-6-5-7-9/h8-9,12,15H,3-7H2,1-2H3. The SMILES string of the molecule is CCc1cc(C(O)C2CCC2)n(CC)n1. The Labute approximate surface area is 91.1 Å². The van der Waals surface area contributed by atoms with E-state index in [0.29, 0.717) is 5.92 Å². The highest BCUT2D eigenvalue weighted by molar-refractivity contribution is 5.14. The van der Waals surface area contributed by atoms with Crippen LogP contribution in [-0.2, 0) is 13.0 Å². The first kappa shape index (κ1) is 10.7. The van der Waals surface area contributed by atoms with Crippen LogP contribution in [0.15, 0.2) is 6.07 Å². The Balaban J connectivity index is 2.20. The van der Waals surface area contributed by atoms with Crippen molar-refractivity contribution in [2.45, 2.75) is 52.2 Å². The van der Waals surface area contributed by atoms with Gasteiger partial charge in [-0.25, -0.2) is 0 Å². The lowest BCUT2D eigenvalue weighted by Crippen LogP contribution is -2.22. The summed E-state index contributed by atoms with van der Waals surface area (Å²) in [5.41, 5.74) is 2.10. The zero-order valence-electron chi connectivity index (χ0n) is 9.61. The van der Waals surface area contributed by atoms with Crippen LogP contribution in [0.1, 0.15) is 50.6 Å². The zero-order valence-corrected chi connectivity index (χ0v) is 9.61. The van der Waals surface area contributed by atoms with Crippen LogP contribution >= 0.6 is 0 Å². The number of hydrogen-bond donors (Lipinski definition) is 1. The molecule has 0 radical (unpaired) electrons. The molecule has 3 nitrogen and oxygen atoms in total. The number of rotatable bonds is 4. The van der Waals surface area contributed by atoms with E-state index in [1.807, 2.05) is 4.68 Å². The minimum atomic E-state index is -0.300. The lowest BCUT2D eigenvalue weighted by atomic mass is 9.80. The Morgan fingerprint density at radius 3 is 2.73 bits per heavy atom. The second-order valence-corrected chi connectivity index (χ2v) is 4.37. The largest absolute Gasteiger partial charge is 0.387 e. The minimum absolute atomic E-state index is 0.300. The molecule has 0 bridgehead atoms. The summed E-state index contributed by atoms with van der Waals surface area (Å²) in [4.78, 5) is 0. The predicted octanol–water partition coefficient (Wildman–Crippen LogP) is 2.30. The second kappa shape index (κ2) is 4.35.